The van der Waals surface area contributed by atoms with Crippen LogP contribution in [0.1, 0.15) is 23.8 Å². The number of aromatic nitrogens is 6. The number of carbonyl (C=O) groups excluding carboxylic acids is 2. The first-order valence-electron chi connectivity index (χ1n) is 7.24. The molecule has 3 heterocycles. The molecule has 10 heteroatoms. The summed E-state index contributed by atoms with van der Waals surface area (Å²) in [6.45, 7) is 2.57. The number of nitrogens with one attached hydrogen (secondary N) is 1. The first-order valence-corrected chi connectivity index (χ1v) is 7.24. The van der Waals surface area contributed by atoms with Crippen LogP contribution in [0.3, 0.4) is 0 Å². The van der Waals surface area contributed by atoms with E-state index in [0.29, 0.717) is 13.0 Å². The van der Waals surface area contributed by atoms with E-state index < -0.39 is 0 Å². The summed E-state index contributed by atoms with van der Waals surface area (Å²) in [5.41, 5.74) is 0.262. The van der Waals surface area contributed by atoms with E-state index in [4.69, 9.17) is 0 Å². The van der Waals surface area contributed by atoms with Gasteiger partial charge in [0.25, 0.3) is 5.91 Å². The molecule has 2 amide bonds. The topological polar surface area (TPSA) is 119 Å². The number of hydrogen-bond donors (Lipinski definition) is 1. The molecule has 120 valence electrons. The lowest BCUT2D eigenvalue weighted by atomic mass is 10.1. The molecule has 1 saturated heterocycles. The fraction of sp³-hybridized carbons (Fsp3) is 0.462. The van der Waals surface area contributed by atoms with E-state index in [9.17, 15) is 9.59 Å². The summed E-state index contributed by atoms with van der Waals surface area (Å²) in [5, 5.41) is 21.1. The van der Waals surface area contributed by atoms with Gasteiger partial charge in [0, 0.05) is 18.8 Å². The summed E-state index contributed by atoms with van der Waals surface area (Å²) in [4.78, 5) is 26.2. The van der Waals surface area contributed by atoms with Gasteiger partial charge < -0.3 is 10.2 Å². The molecule has 0 saturated carbocycles. The van der Waals surface area contributed by atoms with Gasteiger partial charge in [0.05, 0.1) is 6.04 Å². The van der Waals surface area contributed by atoms with Crippen LogP contribution < -0.4 is 5.32 Å². The zero-order valence-electron chi connectivity index (χ0n) is 12.5. The second-order valence-corrected chi connectivity index (χ2v) is 5.31. The fourth-order valence-corrected chi connectivity index (χ4v) is 2.63. The fourth-order valence-electron chi connectivity index (χ4n) is 2.63. The Kier molecular flexibility index (Phi) is 4.22. The van der Waals surface area contributed by atoms with Gasteiger partial charge in [-0.15, -0.1) is 10.2 Å². The summed E-state index contributed by atoms with van der Waals surface area (Å²) in [6, 6.07) is 3.02. The van der Waals surface area contributed by atoms with Gasteiger partial charge in [0.1, 0.15) is 12.9 Å². The molecule has 0 aliphatic carbocycles. The average Bonchev–Trinajstić information content (AvgIpc) is 3.19. The predicted octanol–water partition coefficient (Wildman–Crippen LogP) is -1.12. The highest BCUT2D eigenvalue weighted by atomic mass is 16.2. The molecule has 2 atom stereocenters. The zero-order valence-corrected chi connectivity index (χ0v) is 12.5. The highest BCUT2D eigenvalue weighted by molar-refractivity contribution is 5.92. The van der Waals surface area contributed by atoms with E-state index in [-0.39, 0.29) is 36.1 Å². The van der Waals surface area contributed by atoms with E-state index in [1.807, 2.05) is 6.92 Å². The molecule has 0 aromatic carbocycles. The Hall–Kier alpha value is -2.91. The van der Waals surface area contributed by atoms with Gasteiger partial charge in [0.2, 0.25) is 5.91 Å². The maximum atomic E-state index is 12.3. The van der Waals surface area contributed by atoms with Gasteiger partial charge >= 0.3 is 0 Å². The Bertz CT molecular complexity index is 675. The molecular weight excluding hydrogens is 300 g/mol. The average molecular weight is 316 g/mol. The Morgan fingerprint density at radius 1 is 1.39 bits per heavy atom. The number of likely N-dealkylation sites (tertiary alicyclic amines) is 1. The molecule has 1 fully saturated rings. The Morgan fingerprint density at radius 3 is 2.96 bits per heavy atom. The molecule has 0 spiro atoms. The summed E-state index contributed by atoms with van der Waals surface area (Å²) >= 11 is 0. The smallest absolute Gasteiger partial charge is 0.272 e. The van der Waals surface area contributed by atoms with Gasteiger partial charge in [-0.1, -0.05) is 0 Å². The van der Waals surface area contributed by atoms with Crippen molar-refractivity contribution in [1.29, 1.82) is 0 Å². The molecular formula is C13H16N8O2. The van der Waals surface area contributed by atoms with Crippen molar-refractivity contribution in [3.05, 3.63) is 30.4 Å². The molecule has 0 bridgehead atoms. The third-order valence-corrected chi connectivity index (χ3v) is 3.89. The minimum Gasteiger partial charge on any atom is -0.346 e. The molecule has 1 aliphatic heterocycles. The molecule has 1 N–H and O–H groups in total. The maximum absolute atomic E-state index is 12.3. The van der Waals surface area contributed by atoms with Gasteiger partial charge in [-0.2, -0.15) is 5.10 Å². The quantitative estimate of drug-likeness (QED) is 0.759. The first-order chi connectivity index (χ1) is 11.1. The summed E-state index contributed by atoms with van der Waals surface area (Å²) < 4.78 is 1.38. The van der Waals surface area contributed by atoms with Crippen LogP contribution in [0, 0.1) is 0 Å². The third kappa shape index (κ3) is 3.30. The summed E-state index contributed by atoms with van der Waals surface area (Å²) in [7, 11) is 0. The van der Waals surface area contributed by atoms with Crippen molar-refractivity contribution >= 4 is 11.8 Å². The van der Waals surface area contributed by atoms with E-state index in [2.05, 4.69) is 31.0 Å². The number of nitrogens with zero attached hydrogens (tertiary/aromatic N) is 7. The van der Waals surface area contributed by atoms with E-state index in [1.54, 1.807) is 17.0 Å². The minimum atomic E-state index is -0.287. The Balaban J connectivity index is 1.59. The van der Waals surface area contributed by atoms with Crippen LogP contribution in [0.25, 0.3) is 0 Å². The predicted molar refractivity (Wildman–Crippen MR) is 76.9 cm³/mol. The van der Waals surface area contributed by atoms with Crippen molar-refractivity contribution < 1.29 is 9.59 Å². The molecule has 2 unspecified atom stereocenters. The molecule has 1 aliphatic rings. The largest absolute Gasteiger partial charge is 0.346 e. The van der Waals surface area contributed by atoms with Crippen LogP contribution >= 0.6 is 0 Å². The Labute approximate surface area is 131 Å². The molecule has 23 heavy (non-hydrogen) atoms. The van der Waals surface area contributed by atoms with Crippen molar-refractivity contribution in [2.24, 2.45) is 0 Å². The van der Waals surface area contributed by atoms with Gasteiger partial charge in [-0.25, -0.2) is 4.68 Å². The van der Waals surface area contributed by atoms with Crippen molar-refractivity contribution in [2.75, 3.05) is 6.54 Å². The molecule has 3 rings (SSSR count). The molecule has 2 aromatic rings. The van der Waals surface area contributed by atoms with Crippen LogP contribution in [-0.4, -0.2) is 65.7 Å². The summed E-state index contributed by atoms with van der Waals surface area (Å²) in [5.74, 6) is -0.370. The number of amides is 2. The Morgan fingerprint density at radius 2 is 2.26 bits per heavy atom. The SMILES string of the molecule is CC1C(NC(=O)c2cccnn2)CCN1C(=O)Cn1cnnn1. The second kappa shape index (κ2) is 6.46. The molecule has 2 aromatic heterocycles. The van der Waals surface area contributed by atoms with Gasteiger partial charge in [-0.3, -0.25) is 9.59 Å². The highest BCUT2D eigenvalue weighted by Crippen LogP contribution is 2.18. The highest BCUT2D eigenvalue weighted by Gasteiger charge is 2.35. The van der Waals surface area contributed by atoms with Crippen LogP contribution in [-0.2, 0) is 11.3 Å². The van der Waals surface area contributed by atoms with Crippen LogP contribution in [0.15, 0.2) is 24.7 Å². The first kappa shape index (κ1) is 15.0. The molecule has 0 radical (unpaired) electrons. The summed E-state index contributed by atoms with van der Waals surface area (Å²) in [6.07, 6.45) is 3.59. The van der Waals surface area contributed by atoms with Crippen LogP contribution in [0.4, 0.5) is 0 Å². The van der Waals surface area contributed by atoms with Crippen molar-refractivity contribution in [3.63, 3.8) is 0 Å². The van der Waals surface area contributed by atoms with E-state index in [0.717, 1.165) is 0 Å². The maximum Gasteiger partial charge on any atom is 0.272 e. The number of hydrogen-bond acceptors (Lipinski definition) is 7. The lowest BCUT2D eigenvalue weighted by Gasteiger charge is -2.25. The zero-order chi connectivity index (χ0) is 16.2. The van der Waals surface area contributed by atoms with E-state index in [1.165, 1.54) is 17.2 Å². The minimum absolute atomic E-state index is 0.0824. The van der Waals surface area contributed by atoms with Crippen LogP contribution in [0.2, 0.25) is 0 Å². The lowest BCUT2D eigenvalue weighted by molar-refractivity contribution is -0.132. The van der Waals surface area contributed by atoms with Gasteiger partial charge in [-0.05, 0) is 35.9 Å². The number of rotatable bonds is 4. The standard InChI is InChI=1S/C13H16N8O2/c1-9-10(16-13(23)11-3-2-5-14-17-11)4-6-21(9)12(22)7-20-8-15-18-19-20/h2-3,5,8-10H,4,6-7H2,1H3,(H,16,23). The van der Waals surface area contributed by atoms with Gasteiger partial charge in [0.15, 0.2) is 5.69 Å². The monoisotopic (exact) mass is 316 g/mol. The van der Waals surface area contributed by atoms with Crippen molar-refractivity contribution in [1.82, 2.24) is 40.6 Å². The lowest BCUT2D eigenvalue weighted by Crippen LogP contribution is -2.46. The number of carbonyl (C=O) groups is 2. The van der Waals surface area contributed by atoms with E-state index >= 15 is 0 Å². The number of tetrazole rings is 1. The van der Waals surface area contributed by atoms with Crippen molar-refractivity contribution in [2.45, 2.75) is 32.0 Å². The normalized spacial score (nSPS) is 20.5. The third-order valence-electron chi connectivity index (χ3n) is 3.89. The second-order valence-electron chi connectivity index (χ2n) is 5.31. The van der Waals surface area contributed by atoms with Crippen LogP contribution in [0.5, 0.6) is 0 Å². The van der Waals surface area contributed by atoms with Crippen molar-refractivity contribution in [3.8, 4) is 0 Å². The molecule has 10 nitrogen and oxygen atoms in total.